The molecule has 0 spiro atoms. The topological polar surface area (TPSA) is 48.9 Å². The van der Waals surface area contributed by atoms with Gasteiger partial charge in [-0.1, -0.05) is 20.8 Å². The number of nitrogens with one attached hydrogen (secondary N) is 2. The van der Waals surface area contributed by atoms with E-state index < -0.39 is 0 Å². The zero-order valence-electron chi connectivity index (χ0n) is 16.3. The Morgan fingerprint density at radius 1 is 1.25 bits per heavy atom. The summed E-state index contributed by atoms with van der Waals surface area (Å²) in [6.45, 7) is 14.1. The normalized spacial score (nSPS) is 18.3. The molecule has 0 aromatic heterocycles. The summed E-state index contributed by atoms with van der Waals surface area (Å²) in [5.41, 5.74) is 0. The summed E-state index contributed by atoms with van der Waals surface area (Å²) >= 11 is 0. The van der Waals surface area contributed by atoms with Crippen molar-refractivity contribution in [3.8, 4) is 0 Å². The van der Waals surface area contributed by atoms with Gasteiger partial charge in [-0.2, -0.15) is 0 Å². The van der Waals surface area contributed by atoms with Gasteiger partial charge >= 0.3 is 0 Å². The van der Waals surface area contributed by atoms with Gasteiger partial charge in [0.15, 0.2) is 5.96 Å². The second-order valence-corrected chi connectivity index (χ2v) is 6.79. The molecule has 1 rings (SSSR count). The minimum absolute atomic E-state index is 0. The molecule has 0 saturated carbocycles. The Hall–Kier alpha value is -0.0800. The van der Waals surface area contributed by atoms with Gasteiger partial charge in [0, 0.05) is 39.3 Å². The maximum absolute atomic E-state index is 5.80. The molecule has 1 heterocycles. The first-order chi connectivity index (χ1) is 11.1. The molecule has 0 radical (unpaired) electrons. The number of hydrogen-bond donors (Lipinski definition) is 2. The molecule has 0 amide bonds. The third-order valence-electron chi connectivity index (χ3n) is 4.54. The molecule has 2 N–H and O–H groups in total. The van der Waals surface area contributed by atoms with Gasteiger partial charge in [-0.25, -0.2) is 0 Å². The molecule has 1 aliphatic rings. The molecule has 0 bridgehead atoms. The Labute approximate surface area is 166 Å². The molecular formula is C18H39IN4O. The average Bonchev–Trinajstić information content (AvgIpc) is 2.54. The van der Waals surface area contributed by atoms with Crippen molar-refractivity contribution in [3.05, 3.63) is 0 Å². The highest BCUT2D eigenvalue weighted by atomic mass is 127. The summed E-state index contributed by atoms with van der Waals surface area (Å²) < 4.78 is 5.80. The van der Waals surface area contributed by atoms with E-state index in [4.69, 9.17) is 4.74 Å². The fraction of sp³-hybridized carbons (Fsp3) is 0.944. The van der Waals surface area contributed by atoms with Gasteiger partial charge in [-0.05, 0) is 45.1 Å². The van der Waals surface area contributed by atoms with Crippen LogP contribution in [0.3, 0.4) is 0 Å². The smallest absolute Gasteiger partial charge is 0.191 e. The van der Waals surface area contributed by atoms with E-state index in [1.165, 1.54) is 38.9 Å². The Balaban J connectivity index is 0.00000529. The minimum Gasteiger partial charge on any atom is -0.378 e. The van der Waals surface area contributed by atoms with Crippen molar-refractivity contribution in [1.82, 2.24) is 15.5 Å². The van der Waals surface area contributed by atoms with E-state index in [0.29, 0.717) is 18.1 Å². The van der Waals surface area contributed by atoms with Crippen molar-refractivity contribution in [1.29, 1.82) is 0 Å². The summed E-state index contributed by atoms with van der Waals surface area (Å²) in [5, 5.41) is 7.02. The first-order valence-electron chi connectivity index (χ1n) is 9.41. The van der Waals surface area contributed by atoms with Gasteiger partial charge in [0.05, 0.1) is 6.10 Å². The van der Waals surface area contributed by atoms with Crippen LogP contribution in [0.1, 0.15) is 53.4 Å². The van der Waals surface area contributed by atoms with Crippen LogP contribution < -0.4 is 10.6 Å². The van der Waals surface area contributed by atoms with Gasteiger partial charge in [0.25, 0.3) is 0 Å². The largest absolute Gasteiger partial charge is 0.378 e. The molecule has 1 aliphatic heterocycles. The molecule has 0 aromatic rings. The van der Waals surface area contributed by atoms with E-state index in [9.17, 15) is 0 Å². The van der Waals surface area contributed by atoms with Crippen LogP contribution in [0, 0.1) is 5.92 Å². The summed E-state index contributed by atoms with van der Waals surface area (Å²) in [5.74, 6) is 1.48. The molecular weight excluding hydrogens is 415 g/mol. The lowest BCUT2D eigenvalue weighted by molar-refractivity contribution is 0.0258. The van der Waals surface area contributed by atoms with E-state index in [-0.39, 0.29) is 24.0 Å². The van der Waals surface area contributed by atoms with E-state index in [0.717, 1.165) is 25.5 Å². The number of halogens is 1. The van der Waals surface area contributed by atoms with Crippen LogP contribution in [-0.4, -0.2) is 62.8 Å². The van der Waals surface area contributed by atoms with Crippen LogP contribution in [0.2, 0.25) is 0 Å². The quantitative estimate of drug-likeness (QED) is 0.320. The van der Waals surface area contributed by atoms with E-state index in [1.807, 2.05) is 7.05 Å². The van der Waals surface area contributed by atoms with Crippen molar-refractivity contribution < 1.29 is 4.74 Å². The van der Waals surface area contributed by atoms with Crippen molar-refractivity contribution in [2.45, 2.75) is 65.5 Å². The molecule has 24 heavy (non-hydrogen) atoms. The summed E-state index contributed by atoms with van der Waals surface area (Å²) in [4.78, 5) is 6.92. The number of rotatable bonds is 9. The zero-order valence-corrected chi connectivity index (χ0v) is 18.6. The molecule has 1 unspecified atom stereocenters. The summed E-state index contributed by atoms with van der Waals surface area (Å²) in [7, 11) is 1.85. The van der Waals surface area contributed by atoms with Crippen LogP contribution >= 0.6 is 24.0 Å². The number of ether oxygens (including phenoxy) is 1. The third-order valence-corrected chi connectivity index (χ3v) is 4.54. The Bertz CT molecular complexity index is 331. The van der Waals surface area contributed by atoms with E-state index >= 15 is 0 Å². The number of guanidine groups is 1. The summed E-state index contributed by atoms with van der Waals surface area (Å²) in [6, 6.07) is 0.544. The number of aliphatic imine (C=N–C) groups is 1. The SMILES string of the molecule is CCCN1CCC(NC(=NC)NCCC(OCC)C(C)C)CC1.I. The molecule has 5 nitrogen and oxygen atoms in total. The molecule has 0 aliphatic carbocycles. The van der Waals surface area contributed by atoms with Crippen LogP contribution in [0.15, 0.2) is 4.99 Å². The fourth-order valence-electron chi connectivity index (χ4n) is 3.16. The van der Waals surface area contributed by atoms with Crippen LogP contribution in [-0.2, 0) is 4.74 Å². The van der Waals surface area contributed by atoms with Crippen molar-refractivity contribution in [3.63, 3.8) is 0 Å². The van der Waals surface area contributed by atoms with Gasteiger partial charge < -0.3 is 20.3 Å². The van der Waals surface area contributed by atoms with Crippen LogP contribution in [0.25, 0.3) is 0 Å². The molecule has 1 fully saturated rings. The maximum Gasteiger partial charge on any atom is 0.191 e. The lowest BCUT2D eigenvalue weighted by Gasteiger charge is -2.33. The van der Waals surface area contributed by atoms with Crippen molar-refractivity contribution >= 4 is 29.9 Å². The maximum atomic E-state index is 5.80. The number of piperidine rings is 1. The Morgan fingerprint density at radius 3 is 2.42 bits per heavy atom. The first-order valence-corrected chi connectivity index (χ1v) is 9.41. The van der Waals surface area contributed by atoms with Crippen molar-refractivity contribution in [2.75, 3.05) is 39.8 Å². The van der Waals surface area contributed by atoms with Gasteiger partial charge in [0.2, 0.25) is 0 Å². The molecule has 144 valence electrons. The predicted molar refractivity (Wildman–Crippen MR) is 115 cm³/mol. The third kappa shape index (κ3) is 9.42. The van der Waals surface area contributed by atoms with Gasteiger partial charge in [-0.3, -0.25) is 4.99 Å². The second-order valence-electron chi connectivity index (χ2n) is 6.79. The van der Waals surface area contributed by atoms with E-state index in [1.54, 1.807) is 0 Å². The molecule has 0 aromatic carbocycles. The monoisotopic (exact) mass is 454 g/mol. The molecule has 1 atom stereocenters. The zero-order chi connectivity index (χ0) is 17.1. The van der Waals surface area contributed by atoms with Crippen LogP contribution in [0.4, 0.5) is 0 Å². The number of nitrogens with zero attached hydrogens (tertiary/aromatic N) is 2. The minimum atomic E-state index is 0. The first kappa shape index (κ1) is 23.9. The average molecular weight is 454 g/mol. The molecule has 1 saturated heterocycles. The summed E-state index contributed by atoms with van der Waals surface area (Å²) in [6.07, 6.45) is 4.99. The standard InChI is InChI=1S/C18H38N4O.HI/c1-6-12-22-13-9-16(10-14-22)21-18(19-5)20-11-8-17(15(3)4)23-7-2;/h15-17H,6-14H2,1-5H3,(H2,19,20,21);1H. The predicted octanol–water partition coefficient (Wildman–Crippen LogP) is 3.10. The van der Waals surface area contributed by atoms with Gasteiger partial charge in [0.1, 0.15) is 0 Å². The lowest BCUT2D eigenvalue weighted by Crippen LogP contribution is -2.49. The van der Waals surface area contributed by atoms with Crippen LogP contribution in [0.5, 0.6) is 0 Å². The second kappa shape index (κ2) is 14.1. The Kier molecular flexibility index (Phi) is 14.1. The highest BCUT2D eigenvalue weighted by Crippen LogP contribution is 2.11. The highest BCUT2D eigenvalue weighted by Gasteiger charge is 2.19. The fourth-order valence-corrected chi connectivity index (χ4v) is 3.16. The molecule has 6 heteroatoms. The number of hydrogen-bond acceptors (Lipinski definition) is 3. The van der Waals surface area contributed by atoms with Crippen molar-refractivity contribution in [2.24, 2.45) is 10.9 Å². The Morgan fingerprint density at radius 2 is 1.92 bits per heavy atom. The van der Waals surface area contributed by atoms with E-state index in [2.05, 4.69) is 48.2 Å². The lowest BCUT2D eigenvalue weighted by atomic mass is 10.0. The number of likely N-dealkylation sites (tertiary alicyclic amines) is 1. The highest BCUT2D eigenvalue weighted by molar-refractivity contribution is 14.0. The van der Waals surface area contributed by atoms with Gasteiger partial charge in [-0.15, -0.1) is 24.0 Å².